The fourth-order valence-electron chi connectivity index (χ4n) is 2.40. The number of aryl methyl sites for hydroxylation is 2. The molecule has 0 bridgehead atoms. The van der Waals surface area contributed by atoms with E-state index in [1.165, 1.54) is 11.4 Å². The van der Waals surface area contributed by atoms with Crippen LogP contribution in [0.15, 0.2) is 0 Å². The summed E-state index contributed by atoms with van der Waals surface area (Å²) >= 11 is 0. The molecule has 0 radical (unpaired) electrons. The summed E-state index contributed by atoms with van der Waals surface area (Å²) in [7, 11) is 2.05. The molecule has 0 aliphatic rings. The van der Waals surface area contributed by atoms with Crippen molar-refractivity contribution < 1.29 is 0 Å². The molecule has 1 N–H and O–H groups in total. The number of hydrogen-bond donors (Lipinski definition) is 1. The predicted molar refractivity (Wildman–Crippen MR) is 82.6 cm³/mol. The molecule has 1 heterocycles. The molecular formula is C15H30N4. The lowest BCUT2D eigenvalue weighted by atomic mass is 10.1. The van der Waals surface area contributed by atoms with Crippen molar-refractivity contribution in [1.29, 1.82) is 0 Å². The van der Waals surface area contributed by atoms with Gasteiger partial charge >= 0.3 is 0 Å². The van der Waals surface area contributed by atoms with Gasteiger partial charge in [0.1, 0.15) is 5.82 Å². The molecule has 0 fully saturated rings. The van der Waals surface area contributed by atoms with Crippen LogP contribution in [-0.2, 0) is 13.6 Å². The summed E-state index contributed by atoms with van der Waals surface area (Å²) in [4.78, 5) is 2.43. The minimum absolute atomic E-state index is 0.493. The van der Waals surface area contributed by atoms with Crippen LogP contribution in [0.2, 0.25) is 0 Å². The standard InChI is InChI=1S/C15H30N4/c1-8-19(10-11(2)3)15-14(9-16-12(4)5)13(6)17-18(15)7/h11-12,16H,8-10H2,1-7H3. The van der Waals surface area contributed by atoms with E-state index in [9.17, 15) is 0 Å². The molecule has 0 saturated carbocycles. The Morgan fingerprint density at radius 2 is 1.89 bits per heavy atom. The van der Waals surface area contributed by atoms with E-state index >= 15 is 0 Å². The molecule has 0 aliphatic carbocycles. The van der Waals surface area contributed by atoms with Crippen molar-refractivity contribution in [3.05, 3.63) is 11.3 Å². The Hall–Kier alpha value is -1.03. The fraction of sp³-hybridized carbons (Fsp3) is 0.800. The van der Waals surface area contributed by atoms with Crippen LogP contribution < -0.4 is 10.2 Å². The Bertz CT molecular complexity index is 393. The highest BCUT2D eigenvalue weighted by atomic mass is 15.4. The number of rotatable bonds is 7. The molecule has 1 aromatic rings. The first-order valence-corrected chi connectivity index (χ1v) is 7.37. The van der Waals surface area contributed by atoms with Crippen LogP contribution in [0.4, 0.5) is 5.82 Å². The van der Waals surface area contributed by atoms with Crippen LogP contribution in [0.3, 0.4) is 0 Å². The monoisotopic (exact) mass is 266 g/mol. The lowest BCUT2D eigenvalue weighted by Gasteiger charge is -2.26. The SMILES string of the molecule is CCN(CC(C)C)c1c(CNC(C)C)c(C)nn1C. The predicted octanol–water partition coefficient (Wildman–Crippen LogP) is 2.71. The van der Waals surface area contributed by atoms with Gasteiger partial charge in [0, 0.05) is 38.3 Å². The average Bonchev–Trinajstić information content (AvgIpc) is 2.58. The van der Waals surface area contributed by atoms with Crippen LogP contribution in [0, 0.1) is 12.8 Å². The molecule has 19 heavy (non-hydrogen) atoms. The Balaban J connectivity index is 3.02. The summed E-state index contributed by atoms with van der Waals surface area (Å²) in [6.07, 6.45) is 0. The third kappa shape index (κ3) is 4.23. The fourth-order valence-corrected chi connectivity index (χ4v) is 2.40. The summed E-state index contributed by atoms with van der Waals surface area (Å²) < 4.78 is 2.03. The number of nitrogens with one attached hydrogen (secondary N) is 1. The van der Waals surface area contributed by atoms with Crippen LogP contribution >= 0.6 is 0 Å². The van der Waals surface area contributed by atoms with Gasteiger partial charge in [-0.25, -0.2) is 0 Å². The Labute approximate surface area is 118 Å². The van der Waals surface area contributed by atoms with E-state index in [0.717, 1.165) is 25.3 Å². The largest absolute Gasteiger partial charge is 0.357 e. The van der Waals surface area contributed by atoms with Gasteiger partial charge in [0.2, 0.25) is 0 Å². The van der Waals surface area contributed by atoms with Gasteiger partial charge in [0.15, 0.2) is 0 Å². The van der Waals surface area contributed by atoms with Gasteiger partial charge in [0.05, 0.1) is 5.69 Å². The second kappa shape index (κ2) is 6.94. The molecule has 4 nitrogen and oxygen atoms in total. The maximum atomic E-state index is 4.60. The molecule has 1 rings (SSSR count). The third-order valence-electron chi connectivity index (χ3n) is 3.27. The normalized spacial score (nSPS) is 11.6. The number of hydrogen-bond acceptors (Lipinski definition) is 3. The summed E-state index contributed by atoms with van der Waals surface area (Å²) in [6, 6.07) is 0.493. The number of nitrogens with zero attached hydrogens (tertiary/aromatic N) is 3. The van der Waals surface area contributed by atoms with Crippen molar-refractivity contribution in [3.8, 4) is 0 Å². The minimum atomic E-state index is 0.493. The maximum absolute atomic E-state index is 4.60. The molecule has 110 valence electrons. The van der Waals surface area contributed by atoms with Crippen molar-refractivity contribution >= 4 is 5.82 Å². The molecule has 0 aromatic carbocycles. The Kier molecular flexibility index (Phi) is 5.85. The number of anilines is 1. The molecule has 0 unspecified atom stereocenters. The van der Waals surface area contributed by atoms with Gasteiger partial charge < -0.3 is 10.2 Å². The first-order chi connectivity index (χ1) is 8.86. The van der Waals surface area contributed by atoms with Gasteiger partial charge in [-0.3, -0.25) is 4.68 Å². The quantitative estimate of drug-likeness (QED) is 0.824. The molecule has 1 aromatic heterocycles. The first kappa shape index (κ1) is 16.0. The van der Waals surface area contributed by atoms with E-state index in [2.05, 4.69) is 56.9 Å². The van der Waals surface area contributed by atoms with Gasteiger partial charge in [0.25, 0.3) is 0 Å². The Morgan fingerprint density at radius 3 is 2.37 bits per heavy atom. The first-order valence-electron chi connectivity index (χ1n) is 7.37. The minimum Gasteiger partial charge on any atom is -0.357 e. The Morgan fingerprint density at radius 1 is 1.26 bits per heavy atom. The molecule has 0 saturated heterocycles. The van der Waals surface area contributed by atoms with E-state index in [1.54, 1.807) is 0 Å². The topological polar surface area (TPSA) is 33.1 Å². The smallest absolute Gasteiger partial charge is 0.131 e. The molecule has 0 amide bonds. The molecule has 0 atom stereocenters. The summed E-state index contributed by atoms with van der Waals surface area (Å²) in [5.41, 5.74) is 2.46. The van der Waals surface area contributed by atoms with E-state index in [0.29, 0.717) is 12.0 Å². The second-order valence-electron chi connectivity index (χ2n) is 5.98. The lowest BCUT2D eigenvalue weighted by molar-refractivity contribution is 0.577. The van der Waals surface area contributed by atoms with Gasteiger partial charge in [-0.2, -0.15) is 5.10 Å². The van der Waals surface area contributed by atoms with Gasteiger partial charge in [-0.1, -0.05) is 27.7 Å². The summed E-state index contributed by atoms with van der Waals surface area (Å²) in [5.74, 6) is 1.92. The van der Waals surface area contributed by atoms with Crippen LogP contribution in [0.25, 0.3) is 0 Å². The lowest BCUT2D eigenvalue weighted by Crippen LogP contribution is -2.31. The van der Waals surface area contributed by atoms with Crippen molar-refractivity contribution in [3.63, 3.8) is 0 Å². The van der Waals surface area contributed by atoms with E-state index < -0.39 is 0 Å². The van der Waals surface area contributed by atoms with Crippen molar-refractivity contribution in [1.82, 2.24) is 15.1 Å². The zero-order valence-electron chi connectivity index (χ0n) is 13.6. The van der Waals surface area contributed by atoms with E-state index in [-0.39, 0.29) is 0 Å². The zero-order valence-corrected chi connectivity index (χ0v) is 13.6. The second-order valence-corrected chi connectivity index (χ2v) is 5.98. The van der Waals surface area contributed by atoms with Crippen LogP contribution in [0.5, 0.6) is 0 Å². The van der Waals surface area contributed by atoms with Gasteiger partial charge in [-0.15, -0.1) is 0 Å². The highest BCUT2D eigenvalue weighted by molar-refractivity contribution is 5.50. The highest BCUT2D eigenvalue weighted by Crippen LogP contribution is 2.24. The molecule has 4 heteroatoms. The van der Waals surface area contributed by atoms with E-state index in [4.69, 9.17) is 0 Å². The van der Waals surface area contributed by atoms with E-state index in [1.807, 2.05) is 11.7 Å². The summed E-state index contributed by atoms with van der Waals surface area (Å²) in [6.45, 7) is 16.2. The van der Waals surface area contributed by atoms with Crippen molar-refractivity contribution in [2.24, 2.45) is 13.0 Å². The van der Waals surface area contributed by atoms with Crippen LogP contribution in [-0.4, -0.2) is 28.9 Å². The third-order valence-corrected chi connectivity index (χ3v) is 3.27. The van der Waals surface area contributed by atoms with Crippen LogP contribution in [0.1, 0.15) is 45.9 Å². The summed E-state index contributed by atoms with van der Waals surface area (Å²) in [5, 5.41) is 8.11. The van der Waals surface area contributed by atoms with Crippen molar-refractivity contribution in [2.75, 3.05) is 18.0 Å². The maximum Gasteiger partial charge on any atom is 0.131 e. The molecule has 0 spiro atoms. The zero-order chi connectivity index (χ0) is 14.6. The molecule has 0 aliphatic heterocycles. The number of aromatic nitrogens is 2. The van der Waals surface area contributed by atoms with Gasteiger partial charge in [-0.05, 0) is 19.8 Å². The highest BCUT2D eigenvalue weighted by Gasteiger charge is 2.19. The van der Waals surface area contributed by atoms with Crippen molar-refractivity contribution in [2.45, 2.75) is 54.1 Å². The average molecular weight is 266 g/mol. The molecular weight excluding hydrogens is 236 g/mol.